The van der Waals surface area contributed by atoms with E-state index in [9.17, 15) is 4.79 Å². The minimum absolute atomic E-state index is 0.396. The Balaban J connectivity index is 2.82. The first kappa shape index (κ1) is 8.24. The first-order valence-corrected chi connectivity index (χ1v) is 3.65. The number of carbonyl (C=O) groups excluding carboxylic acids is 1. The molecule has 0 aliphatic heterocycles. The number of halogens is 2. The van der Waals surface area contributed by atoms with Gasteiger partial charge in [0.05, 0.1) is 6.61 Å². The van der Waals surface area contributed by atoms with Crippen LogP contribution in [-0.4, -0.2) is 17.4 Å². The van der Waals surface area contributed by atoms with E-state index in [0.29, 0.717) is 6.61 Å². The van der Waals surface area contributed by atoms with E-state index >= 15 is 0 Å². The van der Waals surface area contributed by atoms with Gasteiger partial charge in [0.2, 0.25) is 0 Å². The van der Waals surface area contributed by atoms with Crippen molar-refractivity contribution in [3.63, 3.8) is 0 Å². The summed E-state index contributed by atoms with van der Waals surface area (Å²) in [6.45, 7) is 0.396. The molecule has 0 spiro atoms. The van der Waals surface area contributed by atoms with Crippen molar-refractivity contribution >= 4 is 33.0 Å². The van der Waals surface area contributed by atoms with Crippen LogP contribution in [0.4, 0.5) is 4.79 Å². The van der Waals surface area contributed by atoms with Gasteiger partial charge in [-0.25, -0.2) is 4.79 Å². The van der Waals surface area contributed by atoms with Crippen LogP contribution in [0.1, 0.15) is 6.42 Å². The second-order valence-electron chi connectivity index (χ2n) is 1.13. The normalized spacial score (nSPS) is 8.75. The average Bonchev–Trinajstić information content (AvgIpc) is 1.66. The lowest BCUT2D eigenvalue weighted by Crippen LogP contribution is -1.95. The second kappa shape index (κ2) is 5.38. The standard InChI is InChI=1S/C4H6BrClO2/c5-2-1-3-8-4(6)7/h1-3H2. The van der Waals surface area contributed by atoms with Crippen molar-refractivity contribution in [2.45, 2.75) is 6.42 Å². The van der Waals surface area contributed by atoms with E-state index in [4.69, 9.17) is 11.6 Å². The number of hydrogen-bond donors (Lipinski definition) is 0. The number of rotatable bonds is 3. The fourth-order valence-electron chi connectivity index (χ4n) is 0.207. The molecule has 0 rings (SSSR count). The summed E-state index contributed by atoms with van der Waals surface area (Å²) >= 11 is 8.00. The van der Waals surface area contributed by atoms with E-state index in [2.05, 4.69) is 20.7 Å². The SMILES string of the molecule is O=C(Cl)OCCCBr. The van der Waals surface area contributed by atoms with Gasteiger partial charge in [-0.05, 0) is 6.42 Å². The fourth-order valence-corrected chi connectivity index (χ4v) is 0.513. The predicted octanol–water partition coefficient (Wildman–Crippen LogP) is 2.15. The van der Waals surface area contributed by atoms with Crippen molar-refractivity contribution in [3.05, 3.63) is 0 Å². The molecule has 0 N–H and O–H groups in total. The van der Waals surface area contributed by atoms with Gasteiger partial charge in [-0.2, -0.15) is 0 Å². The zero-order valence-corrected chi connectivity index (χ0v) is 6.54. The second-order valence-corrected chi connectivity index (χ2v) is 2.23. The zero-order valence-electron chi connectivity index (χ0n) is 4.19. The predicted molar refractivity (Wildman–Crippen MR) is 35.6 cm³/mol. The molecule has 0 aromatic rings. The maximum atomic E-state index is 9.85. The van der Waals surface area contributed by atoms with Crippen molar-refractivity contribution in [2.24, 2.45) is 0 Å². The van der Waals surface area contributed by atoms with Crippen LogP contribution in [-0.2, 0) is 4.74 Å². The van der Waals surface area contributed by atoms with Crippen molar-refractivity contribution in [1.82, 2.24) is 0 Å². The van der Waals surface area contributed by atoms with E-state index in [1.807, 2.05) is 0 Å². The van der Waals surface area contributed by atoms with E-state index < -0.39 is 5.43 Å². The summed E-state index contributed by atoms with van der Waals surface area (Å²) in [5.74, 6) is 0. The van der Waals surface area contributed by atoms with Gasteiger partial charge in [-0.15, -0.1) is 0 Å². The highest BCUT2D eigenvalue weighted by atomic mass is 79.9. The molecule has 0 aromatic carbocycles. The molecule has 0 heterocycles. The highest BCUT2D eigenvalue weighted by Crippen LogP contribution is 1.91. The first-order chi connectivity index (χ1) is 3.77. The highest BCUT2D eigenvalue weighted by Gasteiger charge is 1.91. The van der Waals surface area contributed by atoms with Crippen LogP contribution in [0.25, 0.3) is 0 Å². The van der Waals surface area contributed by atoms with E-state index in [1.54, 1.807) is 0 Å². The summed E-state index contributed by atoms with van der Waals surface area (Å²) in [6, 6.07) is 0. The van der Waals surface area contributed by atoms with Crippen molar-refractivity contribution < 1.29 is 9.53 Å². The quantitative estimate of drug-likeness (QED) is 0.397. The van der Waals surface area contributed by atoms with Crippen LogP contribution in [0.5, 0.6) is 0 Å². The van der Waals surface area contributed by atoms with Crippen LogP contribution < -0.4 is 0 Å². The van der Waals surface area contributed by atoms with Gasteiger partial charge in [-0.3, -0.25) is 0 Å². The Morgan fingerprint density at radius 3 is 2.75 bits per heavy atom. The van der Waals surface area contributed by atoms with Gasteiger partial charge in [-0.1, -0.05) is 15.9 Å². The van der Waals surface area contributed by atoms with Crippen LogP contribution >= 0.6 is 27.5 Å². The molecule has 0 radical (unpaired) electrons. The van der Waals surface area contributed by atoms with Crippen LogP contribution in [0, 0.1) is 0 Å². The Kier molecular flexibility index (Phi) is 5.54. The molecular formula is C4H6BrClO2. The van der Waals surface area contributed by atoms with Gasteiger partial charge in [0, 0.05) is 16.9 Å². The van der Waals surface area contributed by atoms with Gasteiger partial charge >= 0.3 is 5.43 Å². The van der Waals surface area contributed by atoms with Crippen LogP contribution in [0.15, 0.2) is 0 Å². The van der Waals surface area contributed by atoms with Gasteiger partial charge in [0.15, 0.2) is 0 Å². The van der Waals surface area contributed by atoms with Gasteiger partial charge in [0.1, 0.15) is 0 Å². The molecule has 4 heteroatoms. The smallest absolute Gasteiger partial charge is 0.403 e. The van der Waals surface area contributed by atoms with Crippen molar-refractivity contribution in [1.29, 1.82) is 0 Å². The lowest BCUT2D eigenvalue weighted by molar-refractivity contribution is 0.174. The maximum absolute atomic E-state index is 9.85. The van der Waals surface area contributed by atoms with Crippen molar-refractivity contribution in [2.75, 3.05) is 11.9 Å². The maximum Gasteiger partial charge on any atom is 0.403 e. The first-order valence-electron chi connectivity index (χ1n) is 2.15. The summed E-state index contributed by atoms with van der Waals surface area (Å²) in [4.78, 5) is 9.85. The Labute approximate surface area is 61.3 Å². The number of hydrogen-bond acceptors (Lipinski definition) is 2. The largest absolute Gasteiger partial charge is 0.454 e. The van der Waals surface area contributed by atoms with Crippen LogP contribution in [0.3, 0.4) is 0 Å². The van der Waals surface area contributed by atoms with Crippen molar-refractivity contribution in [3.8, 4) is 0 Å². The molecule has 0 unspecified atom stereocenters. The minimum atomic E-state index is -0.731. The number of alkyl halides is 1. The lowest BCUT2D eigenvalue weighted by Gasteiger charge is -1.94. The third kappa shape index (κ3) is 6.24. The fraction of sp³-hybridized carbons (Fsp3) is 0.750. The van der Waals surface area contributed by atoms with E-state index in [-0.39, 0.29) is 0 Å². The molecule has 0 fully saturated rings. The molecule has 0 aliphatic carbocycles. The summed E-state index contributed by atoms with van der Waals surface area (Å²) in [5.41, 5.74) is -0.731. The zero-order chi connectivity index (χ0) is 6.41. The molecule has 0 bridgehead atoms. The topological polar surface area (TPSA) is 26.3 Å². The van der Waals surface area contributed by atoms with Crippen LogP contribution in [0.2, 0.25) is 0 Å². The molecule has 0 saturated carbocycles. The Bertz CT molecular complexity index is 76.4. The summed E-state index contributed by atoms with van der Waals surface area (Å²) in [5, 5.41) is 0.831. The third-order valence-electron chi connectivity index (χ3n) is 0.494. The number of ether oxygens (including phenoxy) is 1. The molecule has 2 nitrogen and oxygen atoms in total. The third-order valence-corrected chi connectivity index (χ3v) is 1.16. The Morgan fingerprint density at radius 1 is 1.75 bits per heavy atom. The molecular weight excluding hydrogens is 195 g/mol. The molecule has 0 aromatic heterocycles. The summed E-state index contributed by atoms with van der Waals surface area (Å²) in [6.07, 6.45) is 0.804. The molecule has 48 valence electrons. The van der Waals surface area contributed by atoms with E-state index in [1.165, 1.54) is 0 Å². The number of carbonyl (C=O) groups is 1. The monoisotopic (exact) mass is 200 g/mol. The molecule has 0 aliphatic rings. The Morgan fingerprint density at radius 2 is 2.38 bits per heavy atom. The molecule has 0 saturated heterocycles. The average molecular weight is 201 g/mol. The molecule has 0 atom stereocenters. The Hall–Kier alpha value is 0.240. The van der Waals surface area contributed by atoms with E-state index in [0.717, 1.165) is 11.8 Å². The van der Waals surface area contributed by atoms with Gasteiger partial charge in [0.25, 0.3) is 0 Å². The minimum Gasteiger partial charge on any atom is -0.454 e. The lowest BCUT2D eigenvalue weighted by atomic mass is 10.5. The molecule has 8 heavy (non-hydrogen) atoms. The molecule has 0 amide bonds. The highest BCUT2D eigenvalue weighted by molar-refractivity contribution is 9.09. The van der Waals surface area contributed by atoms with Gasteiger partial charge < -0.3 is 4.74 Å². The summed E-state index contributed by atoms with van der Waals surface area (Å²) in [7, 11) is 0. The summed E-state index contributed by atoms with van der Waals surface area (Å²) < 4.78 is 4.38.